The second-order valence-electron chi connectivity index (χ2n) is 5.05. The SMILES string of the molecule is CCN1CC(C)(C)C(=O)c2ccc(C)nc21. The van der Waals surface area contributed by atoms with Crippen LogP contribution in [-0.2, 0) is 0 Å². The van der Waals surface area contributed by atoms with Crippen LogP contribution in [0.25, 0.3) is 0 Å². The molecule has 3 nitrogen and oxygen atoms in total. The maximum atomic E-state index is 12.2. The number of hydrogen-bond acceptors (Lipinski definition) is 3. The molecule has 0 aromatic carbocycles. The first-order chi connectivity index (χ1) is 7.45. The van der Waals surface area contributed by atoms with Gasteiger partial charge < -0.3 is 4.90 Å². The van der Waals surface area contributed by atoms with Gasteiger partial charge in [-0.2, -0.15) is 0 Å². The molecule has 1 aliphatic heterocycles. The molecule has 0 atom stereocenters. The van der Waals surface area contributed by atoms with Crippen molar-refractivity contribution >= 4 is 11.6 Å². The fraction of sp³-hybridized carbons (Fsp3) is 0.538. The molecule has 0 saturated heterocycles. The predicted octanol–water partition coefficient (Wildman–Crippen LogP) is 2.44. The Morgan fingerprint density at radius 3 is 2.75 bits per heavy atom. The number of rotatable bonds is 1. The molecule has 0 spiro atoms. The van der Waals surface area contributed by atoms with E-state index in [0.29, 0.717) is 0 Å². The summed E-state index contributed by atoms with van der Waals surface area (Å²) in [5, 5.41) is 0. The van der Waals surface area contributed by atoms with E-state index in [9.17, 15) is 4.79 Å². The largest absolute Gasteiger partial charge is 0.355 e. The molecule has 3 heteroatoms. The fourth-order valence-electron chi connectivity index (χ4n) is 2.21. The molecular weight excluding hydrogens is 200 g/mol. The van der Waals surface area contributed by atoms with Crippen molar-refractivity contribution in [3.63, 3.8) is 0 Å². The molecule has 0 bridgehead atoms. The molecule has 1 aromatic heterocycles. The van der Waals surface area contributed by atoms with Crippen molar-refractivity contribution in [3.05, 3.63) is 23.4 Å². The van der Waals surface area contributed by atoms with Crippen molar-refractivity contribution in [2.24, 2.45) is 5.41 Å². The minimum Gasteiger partial charge on any atom is -0.355 e. The second-order valence-corrected chi connectivity index (χ2v) is 5.05. The van der Waals surface area contributed by atoms with Crippen molar-refractivity contribution < 1.29 is 4.79 Å². The average Bonchev–Trinajstić information content (AvgIpc) is 2.23. The molecular formula is C13H18N2O. The van der Waals surface area contributed by atoms with Crippen LogP contribution in [0.1, 0.15) is 36.8 Å². The van der Waals surface area contributed by atoms with Crippen molar-refractivity contribution in [3.8, 4) is 0 Å². The Kier molecular flexibility index (Phi) is 2.49. The minimum absolute atomic E-state index is 0.208. The van der Waals surface area contributed by atoms with Crippen LogP contribution in [0.3, 0.4) is 0 Å². The maximum Gasteiger partial charge on any atom is 0.173 e. The van der Waals surface area contributed by atoms with Gasteiger partial charge in [-0.05, 0) is 26.0 Å². The van der Waals surface area contributed by atoms with Gasteiger partial charge in [0, 0.05) is 24.2 Å². The van der Waals surface area contributed by atoms with Gasteiger partial charge in [-0.15, -0.1) is 0 Å². The molecule has 2 rings (SSSR count). The summed E-state index contributed by atoms with van der Waals surface area (Å²) in [6.45, 7) is 9.70. The van der Waals surface area contributed by atoms with Crippen molar-refractivity contribution in [2.45, 2.75) is 27.7 Å². The lowest BCUT2D eigenvalue weighted by Crippen LogP contribution is -2.45. The highest BCUT2D eigenvalue weighted by molar-refractivity contribution is 6.06. The van der Waals surface area contributed by atoms with Crippen LogP contribution in [0.4, 0.5) is 5.82 Å². The van der Waals surface area contributed by atoms with Crippen LogP contribution >= 0.6 is 0 Å². The number of carbonyl (C=O) groups is 1. The fourth-order valence-corrected chi connectivity index (χ4v) is 2.21. The summed E-state index contributed by atoms with van der Waals surface area (Å²) >= 11 is 0. The predicted molar refractivity (Wildman–Crippen MR) is 65.0 cm³/mol. The first-order valence-corrected chi connectivity index (χ1v) is 5.73. The van der Waals surface area contributed by atoms with E-state index in [4.69, 9.17) is 0 Å². The maximum absolute atomic E-state index is 12.2. The van der Waals surface area contributed by atoms with Gasteiger partial charge in [0.15, 0.2) is 5.78 Å². The molecule has 16 heavy (non-hydrogen) atoms. The summed E-state index contributed by atoms with van der Waals surface area (Å²) in [6, 6.07) is 3.82. The first kappa shape index (κ1) is 11.1. The molecule has 0 N–H and O–H groups in total. The zero-order valence-corrected chi connectivity index (χ0v) is 10.4. The van der Waals surface area contributed by atoms with Gasteiger partial charge in [0.1, 0.15) is 5.82 Å². The summed E-state index contributed by atoms with van der Waals surface area (Å²) < 4.78 is 0. The Bertz CT molecular complexity index is 438. The lowest BCUT2D eigenvalue weighted by atomic mass is 9.81. The quantitative estimate of drug-likeness (QED) is 0.726. The summed E-state index contributed by atoms with van der Waals surface area (Å²) in [5.41, 5.74) is 1.42. The molecule has 0 radical (unpaired) electrons. The highest BCUT2D eigenvalue weighted by Crippen LogP contribution is 2.34. The highest BCUT2D eigenvalue weighted by Gasteiger charge is 2.38. The van der Waals surface area contributed by atoms with E-state index >= 15 is 0 Å². The molecule has 1 aliphatic rings. The number of carbonyl (C=O) groups excluding carboxylic acids is 1. The smallest absolute Gasteiger partial charge is 0.173 e. The topological polar surface area (TPSA) is 33.2 Å². The Morgan fingerprint density at radius 1 is 1.44 bits per heavy atom. The Balaban J connectivity index is 2.58. The van der Waals surface area contributed by atoms with Crippen molar-refractivity contribution in [1.29, 1.82) is 0 Å². The van der Waals surface area contributed by atoms with E-state index < -0.39 is 0 Å². The normalized spacial score (nSPS) is 18.5. The standard InChI is InChI=1S/C13H18N2O/c1-5-15-8-13(3,4)11(16)10-7-6-9(2)14-12(10)15/h6-7H,5,8H2,1-4H3. The second kappa shape index (κ2) is 3.58. The third kappa shape index (κ3) is 1.60. The van der Waals surface area contributed by atoms with Crippen LogP contribution in [0.5, 0.6) is 0 Å². The Hall–Kier alpha value is -1.38. The molecule has 0 saturated carbocycles. The van der Waals surface area contributed by atoms with E-state index in [2.05, 4.69) is 16.8 Å². The number of nitrogens with zero attached hydrogens (tertiary/aromatic N) is 2. The molecule has 0 amide bonds. The third-order valence-electron chi connectivity index (χ3n) is 3.14. The summed E-state index contributed by atoms with van der Waals surface area (Å²) in [7, 11) is 0. The Morgan fingerprint density at radius 2 is 2.12 bits per heavy atom. The van der Waals surface area contributed by atoms with Crippen LogP contribution in [0.15, 0.2) is 12.1 Å². The van der Waals surface area contributed by atoms with Gasteiger partial charge in [-0.3, -0.25) is 4.79 Å². The summed E-state index contributed by atoms with van der Waals surface area (Å²) in [5.74, 6) is 1.06. The number of fused-ring (bicyclic) bond motifs is 1. The number of hydrogen-bond donors (Lipinski definition) is 0. The van der Waals surface area contributed by atoms with Crippen LogP contribution < -0.4 is 4.90 Å². The average molecular weight is 218 g/mol. The Labute approximate surface area is 96.5 Å². The lowest BCUT2D eigenvalue weighted by molar-refractivity contribution is 0.0834. The summed E-state index contributed by atoms with van der Waals surface area (Å²) in [6.07, 6.45) is 0. The number of Topliss-reactive ketones (excluding diaryl/α,β-unsaturated/α-hetero) is 1. The monoisotopic (exact) mass is 218 g/mol. The third-order valence-corrected chi connectivity index (χ3v) is 3.14. The van der Waals surface area contributed by atoms with Gasteiger partial charge in [0.25, 0.3) is 0 Å². The zero-order chi connectivity index (χ0) is 11.9. The molecule has 0 fully saturated rings. The van der Waals surface area contributed by atoms with E-state index in [1.807, 2.05) is 32.9 Å². The summed E-state index contributed by atoms with van der Waals surface area (Å²) in [4.78, 5) is 18.9. The number of aryl methyl sites for hydroxylation is 1. The van der Waals surface area contributed by atoms with Gasteiger partial charge in [0.2, 0.25) is 0 Å². The molecule has 1 aromatic rings. The first-order valence-electron chi connectivity index (χ1n) is 5.73. The molecule has 2 heterocycles. The van der Waals surface area contributed by atoms with Gasteiger partial charge in [0.05, 0.1) is 5.56 Å². The molecule has 86 valence electrons. The van der Waals surface area contributed by atoms with E-state index in [1.165, 1.54) is 0 Å². The molecule has 0 unspecified atom stereocenters. The zero-order valence-electron chi connectivity index (χ0n) is 10.4. The number of pyridine rings is 1. The van der Waals surface area contributed by atoms with E-state index in [0.717, 1.165) is 30.2 Å². The van der Waals surface area contributed by atoms with E-state index in [1.54, 1.807) is 0 Å². The van der Waals surface area contributed by atoms with Crippen molar-refractivity contribution in [2.75, 3.05) is 18.0 Å². The van der Waals surface area contributed by atoms with Crippen molar-refractivity contribution in [1.82, 2.24) is 4.98 Å². The van der Waals surface area contributed by atoms with Gasteiger partial charge in [-0.1, -0.05) is 13.8 Å². The van der Waals surface area contributed by atoms with Gasteiger partial charge in [-0.25, -0.2) is 4.98 Å². The number of aromatic nitrogens is 1. The number of anilines is 1. The van der Waals surface area contributed by atoms with Crippen LogP contribution in [-0.4, -0.2) is 23.9 Å². The molecule has 0 aliphatic carbocycles. The van der Waals surface area contributed by atoms with Gasteiger partial charge >= 0.3 is 0 Å². The highest BCUT2D eigenvalue weighted by atomic mass is 16.1. The number of ketones is 1. The lowest BCUT2D eigenvalue weighted by Gasteiger charge is -2.38. The minimum atomic E-state index is -0.306. The van der Waals surface area contributed by atoms with Crippen LogP contribution in [0, 0.1) is 12.3 Å². The van der Waals surface area contributed by atoms with E-state index in [-0.39, 0.29) is 11.2 Å². The van der Waals surface area contributed by atoms with Crippen LogP contribution in [0.2, 0.25) is 0 Å².